The lowest BCUT2D eigenvalue weighted by atomic mass is 9.85. The zero-order valence-electron chi connectivity index (χ0n) is 23.6. The van der Waals surface area contributed by atoms with Gasteiger partial charge < -0.3 is 0 Å². The summed E-state index contributed by atoms with van der Waals surface area (Å²) in [5.41, 5.74) is 2.55. The predicted molar refractivity (Wildman–Crippen MR) is 159 cm³/mol. The van der Waals surface area contributed by atoms with Crippen LogP contribution in [0.4, 0.5) is 0 Å². The van der Waals surface area contributed by atoms with Crippen molar-refractivity contribution in [3.8, 4) is 0 Å². The summed E-state index contributed by atoms with van der Waals surface area (Å²) in [5, 5.41) is 0. The van der Waals surface area contributed by atoms with E-state index in [1.807, 2.05) is 42.5 Å². The molecule has 0 bridgehead atoms. The molecule has 2 rings (SSSR count). The molecule has 1 atom stereocenters. The second kappa shape index (κ2) is 17.8. The van der Waals surface area contributed by atoms with Crippen LogP contribution in [0.25, 0.3) is 0 Å². The molecule has 0 saturated heterocycles. The number of aryl methyl sites for hydroxylation is 1. The molecule has 0 spiro atoms. The Hall–Kier alpha value is -1.65. The first kappa shape index (κ1) is 31.6. The van der Waals surface area contributed by atoms with Crippen LogP contribution in [0.2, 0.25) is 0 Å². The van der Waals surface area contributed by atoms with Crippen molar-refractivity contribution < 1.29 is 13.0 Å². The summed E-state index contributed by atoms with van der Waals surface area (Å²) in [6.07, 6.45) is 21.0. The average Bonchev–Trinajstić information content (AvgIpc) is 2.90. The fraction of sp³-hybridized carbons (Fsp3) is 0.636. The van der Waals surface area contributed by atoms with E-state index >= 15 is 0 Å². The molecule has 0 aliphatic heterocycles. The molecule has 0 aromatic heterocycles. The molecule has 37 heavy (non-hydrogen) atoms. The highest BCUT2D eigenvalue weighted by molar-refractivity contribution is 7.87. The summed E-state index contributed by atoms with van der Waals surface area (Å²) in [6, 6.07) is 17.3. The van der Waals surface area contributed by atoms with E-state index in [0.29, 0.717) is 17.5 Å². The van der Waals surface area contributed by atoms with E-state index in [1.165, 1.54) is 82.6 Å². The van der Waals surface area contributed by atoms with Gasteiger partial charge in [0, 0.05) is 0 Å². The van der Waals surface area contributed by atoms with Crippen molar-refractivity contribution in [2.24, 2.45) is 0 Å². The van der Waals surface area contributed by atoms with Crippen molar-refractivity contribution in [1.29, 1.82) is 0 Å². The lowest BCUT2D eigenvalue weighted by Gasteiger charge is -2.32. The maximum atomic E-state index is 13.0. The Kier molecular flexibility index (Phi) is 15.2. The van der Waals surface area contributed by atoms with Gasteiger partial charge >= 0.3 is 0 Å². The van der Waals surface area contributed by atoms with E-state index < -0.39 is 14.9 Å². The number of unbranched alkanes of at least 4 members (excludes halogenated alkanes) is 14. The lowest BCUT2D eigenvalue weighted by molar-refractivity contribution is 0.426. The minimum absolute atomic E-state index is 0.389. The topological polar surface area (TPSA) is 54.4 Å². The molecule has 0 amide bonds. The van der Waals surface area contributed by atoms with E-state index in [2.05, 4.69) is 26.0 Å². The van der Waals surface area contributed by atoms with Crippen molar-refractivity contribution in [3.05, 3.63) is 71.3 Å². The van der Waals surface area contributed by atoms with Gasteiger partial charge in [-0.3, -0.25) is 4.55 Å². The molecule has 0 radical (unpaired) electrons. The molecular weight excluding hydrogens is 476 g/mol. The molecule has 208 valence electrons. The second-order valence-electron chi connectivity index (χ2n) is 10.8. The number of benzene rings is 2. The highest BCUT2D eigenvalue weighted by Crippen LogP contribution is 2.42. The van der Waals surface area contributed by atoms with Gasteiger partial charge in [-0.05, 0) is 36.0 Å². The molecule has 4 heteroatoms. The number of hydrogen-bond donors (Lipinski definition) is 1. The normalized spacial score (nSPS) is 13.5. The molecule has 0 aliphatic carbocycles. The molecule has 2 aromatic carbocycles. The van der Waals surface area contributed by atoms with Crippen molar-refractivity contribution in [3.63, 3.8) is 0 Å². The summed E-state index contributed by atoms with van der Waals surface area (Å²) in [6.45, 7) is 4.46. The van der Waals surface area contributed by atoms with E-state index in [1.54, 1.807) is 0 Å². The van der Waals surface area contributed by atoms with E-state index in [-0.39, 0.29) is 0 Å². The van der Waals surface area contributed by atoms with Crippen LogP contribution in [-0.4, -0.2) is 13.0 Å². The first-order valence-electron chi connectivity index (χ1n) is 15.1. The third kappa shape index (κ3) is 10.6. The predicted octanol–water partition coefficient (Wildman–Crippen LogP) is 10.0. The van der Waals surface area contributed by atoms with Gasteiger partial charge in [-0.15, -0.1) is 0 Å². The summed E-state index contributed by atoms with van der Waals surface area (Å²) in [4.78, 5) is 0. The molecule has 0 fully saturated rings. The average molecular weight is 529 g/mol. The smallest absolute Gasteiger partial charge is 0.279 e. The first-order valence-corrected chi connectivity index (χ1v) is 16.5. The van der Waals surface area contributed by atoms with Crippen LogP contribution in [0, 0.1) is 0 Å². The summed E-state index contributed by atoms with van der Waals surface area (Å²) < 4.78 is 35.3. The first-order chi connectivity index (χ1) is 18.0. The molecule has 3 nitrogen and oxygen atoms in total. The van der Waals surface area contributed by atoms with Gasteiger partial charge in [0.1, 0.15) is 4.75 Å². The molecule has 1 N–H and O–H groups in total. The van der Waals surface area contributed by atoms with Gasteiger partial charge in [-0.25, -0.2) is 0 Å². The highest BCUT2D eigenvalue weighted by atomic mass is 32.2. The largest absolute Gasteiger partial charge is 0.285 e. The maximum Gasteiger partial charge on any atom is 0.279 e. The monoisotopic (exact) mass is 528 g/mol. The number of hydrogen-bond acceptors (Lipinski definition) is 2. The fourth-order valence-corrected chi connectivity index (χ4v) is 6.77. The Balaban J connectivity index is 2.00. The van der Waals surface area contributed by atoms with Crippen LogP contribution in [0.5, 0.6) is 0 Å². The maximum absolute atomic E-state index is 13.0. The Morgan fingerprint density at radius 1 is 0.568 bits per heavy atom. The van der Waals surface area contributed by atoms with Crippen molar-refractivity contribution in [1.82, 2.24) is 0 Å². The van der Waals surface area contributed by atoms with E-state index in [0.717, 1.165) is 32.1 Å². The molecule has 0 heterocycles. The molecule has 1 unspecified atom stereocenters. The molecule has 2 aromatic rings. The van der Waals surface area contributed by atoms with Gasteiger partial charge in [0.2, 0.25) is 0 Å². The third-order valence-electron chi connectivity index (χ3n) is 7.80. The van der Waals surface area contributed by atoms with Crippen LogP contribution in [0.15, 0.2) is 54.6 Å². The SMILES string of the molecule is CCCCCCCCCCCCc1ccc(C(CCCCCCCC)(c2ccccc2)S(=O)(=O)O)cc1. The fourth-order valence-electron chi connectivity index (χ4n) is 5.50. The van der Waals surface area contributed by atoms with E-state index in [9.17, 15) is 13.0 Å². The summed E-state index contributed by atoms with van der Waals surface area (Å²) in [5.74, 6) is 0. The minimum Gasteiger partial charge on any atom is -0.285 e. The van der Waals surface area contributed by atoms with Crippen molar-refractivity contribution >= 4 is 10.1 Å². The van der Waals surface area contributed by atoms with Crippen LogP contribution in [-0.2, 0) is 21.3 Å². The van der Waals surface area contributed by atoms with Crippen LogP contribution in [0.1, 0.15) is 140 Å². The highest BCUT2D eigenvalue weighted by Gasteiger charge is 2.45. The Morgan fingerprint density at radius 3 is 1.49 bits per heavy atom. The summed E-state index contributed by atoms with van der Waals surface area (Å²) in [7, 11) is -4.38. The van der Waals surface area contributed by atoms with Gasteiger partial charge in [-0.1, -0.05) is 165 Å². The zero-order chi connectivity index (χ0) is 26.8. The van der Waals surface area contributed by atoms with E-state index in [4.69, 9.17) is 0 Å². The van der Waals surface area contributed by atoms with Gasteiger partial charge in [-0.2, -0.15) is 8.42 Å². The van der Waals surface area contributed by atoms with Gasteiger partial charge in [0.25, 0.3) is 10.1 Å². The molecular formula is C33H52O3S. The van der Waals surface area contributed by atoms with Crippen molar-refractivity contribution in [2.75, 3.05) is 0 Å². The summed E-state index contributed by atoms with van der Waals surface area (Å²) >= 11 is 0. The second-order valence-corrected chi connectivity index (χ2v) is 12.5. The third-order valence-corrected chi connectivity index (χ3v) is 9.36. The zero-order valence-corrected chi connectivity index (χ0v) is 24.4. The van der Waals surface area contributed by atoms with Crippen molar-refractivity contribution in [2.45, 2.75) is 134 Å². The van der Waals surface area contributed by atoms with Gasteiger partial charge in [0.15, 0.2) is 0 Å². The Bertz CT molecular complexity index is 937. The van der Waals surface area contributed by atoms with Crippen LogP contribution in [0.3, 0.4) is 0 Å². The standard InChI is InChI=1S/C33H52O3S/c1-3-5-7-9-11-12-13-14-15-18-22-30-25-27-32(28-26-30)33(37(34,35)36,31-23-19-17-20-24-31)29-21-16-10-8-6-4-2/h17,19-20,23-28H,3-16,18,21-22,29H2,1-2H3,(H,34,35,36). The number of rotatable bonds is 21. The lowest BCUT2D eigenvalue weighted by Crippen LogP contribution is -2.37. The Labute approximate surface area is 228 Å². The molecule has 0 aliphatic rings. The quantitative estimate of drug-likeness (QED) is 0.129. The van der Waals surface area contributed by atoms with Gasteiger partial charge in [0.05, 0.1) is 0 Å². The minimum atomic E-state index is -4.38. The Morgan fingerprint density at radius 2 is 1.00 bits per heavy atom. The van der Waals surface area contributed by atoms with Crippen LogP contribution < -0.4 is 0 Å². The van der Waals surface area contributed by atoms with Crippen LogP contribution >= 0.6 is 0 Å². The molecule has 0 saturated carbocycles.